The van der Waals surface area contributed by atoms with Crippen molar-refractivity contribution in [1.82, 2.24) is 0 Å². The molecule has 0 heterocycles. The molecule has 0 fully saturated rings. The van der Waals surface area contributed by atoms with Crippen LogP contribution in [-0.2, 0) is 11.4 Å². The number of nitrogens with zero attached hydrogens (tertiary/aromatic N) is 1. The summed E-state index contributed by atoms with van der Waals surface area (Å²) in [6.07, 6.45) is 1.47. The smallest absolute Gasteiger partial charge is 0.240 e. The second-order valence-electron chi connectivity index (χ2n) is 2.48. The molecule has 1 N–H and O–H groups in total. The van der Waals surface area contributed by atoms with Gasteiger partial charge in [-0.25, -0.2) is 4.79 Å². The minimum Gasteiger partial charge on any atom is -0.392 e. The Labute approximate surface area is 70.4 Å². The standard InChI is InChI=1S/C9H9NO2/c1-7-2-3-8(5-11)4-9(7)10-6-12/h2-4,11H,5H2,1H3. The number of hydrogen-bond donors (Lipinski definition) is 1. The van der Waals surface area contributed by atoms with Crippen molar-refractivity contribution < 1.29 is 9.90 Å². The van der Waals surface area contributed by atoms with Gasteiger partial charge in [0.15, 0.2) is 0 Å². The highest BCUT2D eigenvalue weighted by Crippen LogP contribution is 2.19. The van der Waals surface area contributed by atoms with E-state index in [4.69, 9.17) is 5.11 Å². The number of aliphatic hydroxyl groups is 1. The molecule has 0 aliphatic rings. The lowest BCUT2D eigenvalue weighted by Gasteiger charge is -1.99. The number of rotatable bonds is 2. The lowest BCUT2D eigenvalue weighted by Crippen LogP contribution is -1.83. The molecule has 0 aliphatic carbocycles. The van der Waals surface area contributed by atoms with E-state index in [1.165, 1.54) is 6.08 Å². The van der Waals surface area contributed by atoms with E-state index in [9.17, 15) is 4.79 Å². The monoisotopic (exact) mass is 163 g/mol. The van der Waals surface area contributed by atoms with Gasteiger partial charge in [-0.05, 0) is 24.1 Å². The third-order valence-corrected chi connectivity index (χ3v) is 1.62. The Morgan fingerprint density at radius 1 is 1.58 bits per heavy atom. The molecule has 1 rings (SSSR count). The molecule has 0 saturated heterocycles. The Morgan fingerprint density at radius 3 is 2.92 bits per heavy atom. The SMILES string of the molecule is Cc1ccc(CO)cc1N=C=O. The predicted octanol–water partition coefficient (Wildman–Crippen LogP) is 1.45. The number of hydrogen-bond acceptors (Lipinski definition) is 3. The van der Waals surface area contributed by atoms with Crippen molar-refractivity contribution in [2.75, 3.05) is 0 Å². The Balaban J connectivity index is 3.16. The van der Waals surface area contributed by atoms with Crippen LogP contribution in [0.25, 0.3) is 0 Å². The third-order valence-electron chi connectivity index (χ3n) is 1.62. The van der Waals surface area contributed by atoms with E-state index in [1.54, 1.807) is 12.1 Å². The van der Waals surface area contributed by atoms with E-state index in [0.29, 0.717) is 5.69 Å². The van der Waals surface area contributed by atoms with Crippen molar-refractivity contribution in [3.05, 3.63) is 29.3 Å². The van der Waals surface area contributed by atoms with Gasteiger partial charge in [0.05, 0.1) is 12.3 Å². The van der Waals surface area contributed by atoms with Crippen LogP contribution in [0, 0.1) is 6.92 Å². The molecule has 3 heteroatoms. The van der Waals surface area contributed by atoms with Gasteiger partial charge in [-0.15, -0.1) is 0 Å². The van der Waals surface area contributed by atoms with Crippen molar-refractivity contribution in [1.29, 1.82) is 0 Å². The van der Waals surface area contributed by atoms with E-state index in [-0.39, 0.29) is 6.61 Å². The minimum absolute atomic E-state index is 0.0400. The molecule has 0 amide bonds. The van der Waals surface area contributed by atoms with Crippen LogP contribution in [0.5, 0.6) is 0 Å². The van der Waals surface area contributed by atoms with E-state index >= 15 is 0 Å². The van der Waals surface area contributed by atoms with Crippen LogP contribution in [-0.4, -0.2) is 11.2 Å². The molecule has 0 aliphatic heterocycles. The molecule has 1 aromatic carbocycles. The first-order chi connectivity index (χ1) is 5.77. The first-order valence-corrected chi connectivity index (χ1v) is 3.56. The number of aliphatic hydroxyl groups excluding tert-OH is 1. The molecule has 3 nitrogen and oxygen atoms in total. The summed E-state index contributed by atoms with van der Waals surface area (Å²) in [6, 6.07) is 5.26. The summed E-state index contributed by atoms with van der Waals surface area (Å²) in [6.45, 7) is 1.80. The zero-order valence-electron chi connectivity index (χ0n) is 6.74. The Kier molecular flexibility index (Phi) is 2.75. The summed E-state index contributed by atoms with van der Waals surface area (Å²) >= 11 is 0. The highest BCUT2D eigenvalue weighted by Gasteiger charge is 1.97. The molecular formula is C9H9NO2. The highest BCUT2D eigenvalue weighted by molar-refractivity contribution is 5.54. The Bertz CT molecular complexity index is 327. The predicted molar refractivity (Wildman–Crippen MR) is 44.9 cm³/mol. The van der Waals surface area contributed by atoms with Gasteiger partial charge in [-0.2, -0.15) is 4.99 Å². The summed E-state index contributed by atoms with van der Waals surface area (Å²) in [5.74, 6) is 0. The quantitative estimate of drug-likeness (QED) is 0.530. The maximum absolute atomic E-state index is 9.97. The lowest BCUT2D eigenvalue weighted by molar-refractivity contribution is 0.282. The maximum Gasteiger partial charge on any atom is 0.240 e. The number of aryl methyl sites for hydroxylation is 1. The lowest BCUT2D eigenvalue weighted by atomic mass is 10.1. The van der Waals surface area contributed by atoms with Gasteiger partial charge in [0.2, 0.25) is 6.08 Å². The van der Waals surface area contributed by atoms with Crippen molar-refractivity contribution >= 4 is 11.8 Å². The average molecular weight is 163 g/mol. The molecule has 0 saturated carbocycles. The third kappa shape index (κ3) is 1.78. The van der Waals surface area contributed by atoms with E-state index < -0.39 is 0 Å². The number of carbonyl (C=O) groups excluding carboxylic acids is 1. The van der Waals surface area contributed by atoms with Crippen molar-refractivity contribution in [3.8, 4) is 0 Å². The molecule has 0 bridgehead atoms. The molecule has 0 radical (unpaired) electrons. The summed E-state index contributed by atoms with van der Waals surface area (Å²) in [5, 5.41) is 8.78. The molecule has 1 aromatic rings. The average Bonchev–Trinajstić information content (AvgIpc) is 2.09. The molecule has 0 unspecified atom stereocenters. The van der Waals surface area contributed by atoms with Gasteiger partial charge in [-0.3, -0.25) is 0 Å². The minimum atomic E-state index is -0.0400. The number of isocyanates is 1. The largest absolute Gasteiger partial charge is 0.392 e. The van der Waals surface area contributed by atoms with Crippen LogP contribution in [0.15, 0.2) is 23.2 Å². The van der Waals surface area contributed by atoms with Crippen molar-refractivity contribution in [2.24, 2.45) is 4.99 Å². The van der Waals surface area contributed by atoms with Crippen molar-refractivity contribution in [3.63, 3.8) is 0 Å². The molecule has 12 heavy (non-hydrogen) atoms. The fourth-order valence-electron chi connectivity index (χ4n) is 0.923. The second kappa shape index (κ2) is 3.81. The Morgan fingerprint density at radius 2 is 2.33 bits per heavy atom. The second-order valence-corrected chi connectivity index (χ2v) is 2.48. The highest BCUT2D eigenvalue weighted by atomic mass is 16.3. The van der Waals surface area contributed by atoms with E-state index in [1.807, 2.05) is 13.0 Å². The fraction of sp³-hybridized carbons (Fsp3) is 0.222. The first-order valence-electron chi connectivity index (χ1n) is 3.56. The zero-order chi connectivity index (χ0) is 8.97. The number of aliphatic imine (C=N–C) groups is 1. The topological polar surface area (TPSA) is 49.7 Å². The molecular weight excluding hydrogens is 154 g/mol. The van der Waals surface area contributed by atoms with Crippen LogP contribution >= 0.6 is 0 Å². The van der Waals surface area contributed by atoms with Crippen LogP contribution in [0.1, 0.15) is 11.1 Å². The van der Waals surface area contributed by atoms with Gasteiger partial charge in [0.25, 0.3) is 0 Å². The molecule has 62 valence electrons. The van der Waals surface area contributed by atoms with Crippen LogP contribution in [0.3, 0.4) is 0 Å². The van der Waals surface area contributed by atoms with E-state index in [0.717, 1.165) is 11.1 Å². The fourth-order valence-corrected chi connectivity index (χ4v) is 0.923. The van der Waals surface area contributed by atoms with Gasteiger partial charge < -0.3 is 5.11 Å². The summed E-state index contributed by atoms with van der Waals surface area (Å²) in [5.41, 5.74) is 2.21. The zero-order valence-corrected chi connectivity index (χ0v) is 6.74. The number of benzene rings is 1. The first kappa shape index (κ1) is 8.65. The molecule has 0 atom stereocenters. The summed E-state index contributed by atoms with van der Waals surface area (Å²) < 4.78 is 0. The van der Waals surface area contributed by atoms with Gasteiger partial charge in [0.1, 0.15) is 0 Å². The van der Waals surface area contributed by atoms with E-state index in [2.05, 4.69) is 4.99 Å². The normalized spacial score (nSPS) is 9.17. The molecule has 0 spiro atoms. The van der Waals surface area contributed by atoms with Crippen LogP contribution < -0.4 is 0 Å². The van der Waals surface area contributed by atoms with Gasteiger partial charge >= 0.3 is 0 Å². The van der Waals surface area contributed by atoms with Crippen LogP contribution in [0.4, 0.5) is 5.69 Å². The Hall–Kier alpha value is -1.44. The van der Waals surface area contributed by atoms with Crippen LogP contribution in [0.2, 0.25) is 0 Å². The van der Waals surface area contributed by atoms with Gasteiger partial charge in [-0.1, -0.05) is 12.1 Å². The maximum atomic E-state index is 9.97. The summed E-state index contributed by atoms with van der Waals surface area (Å²) in [4.78, 5) is 13.5. The summed E-state index contributed by atoms with van der Waals surface area (Å²) in [7, 11) is 0. The van der Waals surface area contributed by atoms with Gasteiger partial charge in [0, 0.05) is 0 Å². The molecule has 0 aromatic heterocycles. The van der Waals surface area contributed by atoms with Crippen molar-refractivity contribution in [2.45, 2.75) is 13.5 Å².